The molecular formula is C12H20N2O2. The van der Waals surface area contributed by atoms with Crippen molar-refractivity contribution >= 4 is 5.82 Å². The van der Waals surface area contributed by atoms with Gasteiger partial charge in [0.15, 0.2) is 0 Å². The number of methoxy groups -OCH3 is 1. The Kier molecular flexibility index (Phi) is 4.55. The largest absolute Gasteiger partial charge is 0.490 e. The summed E-state index contributed by atoms with van der Waals surface area (Å²) in [4.78, 5) is 4.27. The first kappa shape index (κ1) is 12.8. The molecule has 1 N–H and O–H groups in total. The minimum absolute atomic E-state index is 0.0193. The molecule has 1 aromatic heterocycles. The summed E-state index contributed by atoms with van der Waals surface area (Å²) in [7, 11) is 1.65. The average Bonchev–Trinajstić information content (AvgIpc) is 2.19. The molecule has 0 aliphatic heterocycles. The molecule has 0 atom stereocenters. The Morgan fingerprint density at radius 2 is 2.00 bits per heavy atom. The van der Waals surface area contributed by atoms with Crippen molar-refractivity contribution in [2.75, 3.05) is 25.6 Å². The molecule has 1 heterocycles. The van der Waals surface area contributed by atoms with E-state index >= 15 is 0 Å². The lowest BCUT2D eigenvalue weighted by molar-refractivity contribution is 0.146. The average molecular weight is 224 g/mol. The maximum atomic E-state index is 5.42. The molecule has 0 aromatic carbocycles. The molecule has 4 heteroatoms. The molecule has 0 amide bonds. The Morgan fingerprint density at radius 1 is 1.25 bits per heavy atom. The van der Waals surface area contributed by atoms with Gasteiger partial charge >= 0.3 is 0 Å². The molecule has 90 valence electrons. The fourth-order valence-electron chi connectivity index (χ4n) is 1.17. The van der Waals surface area contributed by atoms with E-state index in [1.165, 1.54) is 0 Å². The molecule has 0 saturated carbocycles. The van der Waals surface area contributed by atoms with E-state index in [4.69, 9.17) is 9.47 Å². The summed E-state index contributed by atoms with van der Waals surface area (Å²) in [5.41, 5.74) is 0.0193. The van der Waals surface area contributed by atoms with Crippen molar-refractivity contribution in [3.63, 3.8) is 0 Å². The Morgan fingerprint density at radius 3 is 2.50 bits per heavy atom. The van der Waals surface area contributed by atoms with Crippen LogP contribution in [0.4, 0.5) is 5.82 Å². The second-order valence-corrected chi connectivity index (χ2v) is 4.60. The SMILES string of the molecule is COCCOc1ccc(NC(C)(C)C)nc1. The van der Waals surface area contributed by atoms with Crippen LogP contribution in [0.3, 0.4) is 0 Å². The lowest BCUT2D eigenvalue weighted by atomic mass is 10.1. The number of anilines is 1. The molecule has 0 bridgehead atoms. The van der Waals surface area contributed by atoms with Crippen LogP contribution in [0, 0.1) is 0 Å². The molecule has 0 fully saturated rings. The van der Waals surface area contributed by atoms with Gasteiger partial charge in [-0.1, -0.05) is 0 Å². The second kappa shape index (κ2) is 5.70. The van der Waals surface area contributed by atoms with E-state index in [1.54, 1.807) is 13.3 Å². The van der Waals surface area contributed by atoms with Crippen molar-refractivity contribution in [2.45, 2.75) is 26.3 Å². The maximum absolute atomic E-state index is 5.42. The number of aromatic nitrogens is 1. The number of pyridine rings is 1. The monoisotopic (exact) mass is 224 g/mol. The van der Waals surface area contributed by atoms with Crippen molar-refractivity contribution in [2.24, 2.45) is 0 Å². The predicted octanol–water partition coefficient (Wildman–Crippen LogP) is 2.32. The molecule has 1 aromatic rings. The highest BCUT2D eigenvalue weighted by Gasteiger charge is 2.09. The predicted molar refractivity (Wildman–Crippen MR) is 65.0 cm³/mol. The van der Waals surface area contributed by atoms with E-state index < -0.39 is 0 Å². The number of nitrogens with one attached hydrogen (secondary N) is 1. The van der Waals surface area contributed by atoms with E-state index in [2.05, 4.69) is 31.1 Å². The van der Waals surface area contributed by atoms with E-state index in [9.17, 15) is 0 Å². The van der Waals surface area contributed by atoms with Gasteiger partial charge < -0.3 is 14.8 Å². The molecular weight excluding hydrogens is 204 g/mol. The Labute approximate surface area is 97.0 Å². The second-order valence-electron chi connectivity index (χ2n) is 4.60. The van der Waals surface area contributed by atoms with Crippen molar-refractivity contribution in [3.05, 3.63) is 18.3 Å². The highest BCUT2D eigenvalue weighted by molar-refractivity contribution is 5.39. The zero-order valence-electron chi connectivity index (χ0n) is 10.4. The van der Waals surface area contributed by atoms with E-state index in [0.717, 1.165) is 11.6 Å². The van der Waals surface area contributed by atoms with Gasteiger partial charge in [0.2, 0.25) is 0 Å². The highest BCUT2D eigenvalue weighted by atomic mass is 16.5. The van der Waals surface area contributed by atoms with Gasteiger partial charge in [-0.15, -0.1) is 0 Å². The van der Waals surface area contributed by atoms with Crippen LogP contribution in [0.2, 0.25) is 0 Å². The summed E-state index contributed by atoms with van der Waals surface area (Å²) < 4.78 is 10.3. The van der Waals surface area contributed by atoms with Gasteiger partial charge in [-0.25, -0.2) is 4.98 Å². The third-order valence-corrected chi connectivity index (χ3v) is 1.80. The fourth-order valence-corrected chi connectivity index (χ4v) is 1.17. The number of hydrogen-bond donors (Lipinski definition) is 1. The van der Waals surface area contributed by atoms with Crippen LogP contribution >= 0.6 is 0 Å². The van der Waals surface area contributed by atoms with Gasteiger partial charge in [-0.05, 0) is 32.9 Å². The molecule has 0 radical (unpaired) electrons. The van der Waals surface area contributed by atoms with Crippen molar-refractivity contribution in [1.82, 2.24) is 4.98 Å². The molecule has 0 unspecified atom stereocenters. The first-order valence-electron chi connectivity index (χ1n) is 5.37. The van der Waals surface area contributed by atoms with Gasteiger partial charge in [0.25, 0.3) is 0 Å². The molecule has 0 saturated heterocycles. The number of nitrogens with zero attached hydrogens (tertiary/aromatic N) is 1. The minimum Gasteiger partial charge on any atom is -0.490 e. The van der Waals surface area contributed by atoms with Crippen LogP contribution < -0.4 is 10.1 Å². The van der Waals surface area contributed by atoms with Gasteiger partial charge in [-0.3, -0.25) is 0 Å². The van der Waals surface area contributed by atoms with E-state index in [0.29, 0.717) is 13.2 Å². The lowest BCUT2D eigenvalue weighted by Gasteiger charge is -2.21. The van der Waals surface area contributed by atoms with Gasteiger partial charge in [0.1, 0.15) is 18.2 Å². The third kappa shape index (κ3) is 4.98. The smallest absolute Gasteiger partial charge is 0.137 e. The molecule has 4 nitrogen and oxygen atoms in total. The first-order valence-corrected chi connectivity index (χ1v) is 5.37. The Balaban J connectivity index is 2.48. The number of rotatable bonds is 5. The summed E-state index contributed by atoms with van der Waals surface area (Å²) in [6.45, 7) is 7.42. The standard InChI is InChI=1S/C12H20N2O2/c1-12(2,3)14-11-6-5-10(9-13-11)16-8-7-15-4/h5-6,9H,7-8H2,1-4H3,(H,13,14). The van der Waals surface area contributed by atoms with Crippen molar-refractivity contribution in [3.8, 4) is 5.75 Å². The zero-order chi connectivity index (χ0) is 12.0. The van der Waals surface area contributed by atoms with Gasteiger partial charge in [0.05, 0.1) is 12.8 Å². The summed E-state index contributed by atoms with van der Waals surface area (Å²) in [6, 6.07) is 3.81. The van der Waals surface area contributed by atoms with Gasteiger partial charge in [-0.2, -0.15) is 0 Å². The molecule has 0 spiro atoms. The zero-order valence-corrected chi connectivity index (χ0v) is 10.4. The number of ether oxygens (including phenoxy) is 2. The van der Waals surface area contributed by atoms with Gasteiger partial charge in [0, 0.05) is 12.6 Å². The van der Waals surface area contributed by atoms with Crippen LogP contribution in [0.25, 0.3) is 0 Å². The molecule has 1 rings (SSSR count). The van der Waals surface area contributed by atoms with Crippen molar-refractivity contribution in [1.29, 1.82) is 0 Å². The topological polar surface area (TPSA) is 43.4 Å². The Hall–Kier alpha value is -1.29. The summed E-state index contributed by atoms with van der Waals surface area (Å²) in [6.07, 6.45) is 1.71. The first-order chi connectivity index (χ1) is 7.51. The number of hydrogen-bond acceptors (Lipinski definition) is 4. The quantitative estimate of drug-likeness (QED) is 0.779. The van der Waals surface area contributed by atoms with Crippen molar-refractivity contribution < 1.29 is 9.47 Å². The van der Waals surface area contributed by atoms with Crippen LogP contribution in [0.15, 0.2) is 18.3 Å². The molecule has 16 heavy (non-hydrogen) atoms. The van der Waals surface area contributed by atoms with E-state index in [-0.39, 0.29) is 5.54 Å². The normalized spacial score (nSPS) is 11.2. The highest BCUT2D eigenvalue weighted by Crippen LogP contribution is 2.15. The van der Waals surface area contributed by atoms with Crippen LogP contribution in [-0.4, -0.2) is 30.8 Å². The third-order valence-electron chi connectivity index (χ3n) is 1.80. The fraction of sp³-hybridized carbons (Fsp3) is 0.583. The summed E-state index contributed by atoms with van der Waals surface area (Å²) in [5.74, 6) is 1.61. The summed E-state index contributed by atoms with van der Waals surface area (Å²) >= 11 is 0. The minimum atomic E-state index is 0.0193. The molecule has 0 aliphatic carbocycles. The van der Waals surface area contributed by atoms with Crippen LogP contribution in [0.1, 0.15) is 20.8 Å². The lowest BCUT2D eigenvalue weighted by Crippen LogP contribution is -2.26. The summed E-state index contributed by atoms with van der Waals surface area (Å²) in [5, 5.41) is 3.28. The van der Waals surface area contributed by atoms with Crippen LogP contribution in [0.5, 0.6) is 5.75 Å². The Bertz CT molecular complexity index is 304. The molecule has 0 aliphatic rings. The maximum Gasteiger partial charge on any atom is 0.137 e. The van der Waals surface area contributed by atoms with E-state index in [1.807, 2.05) is 12.1 Å². The van der Waals surface area contributed by atoms with Crippen LogP contribution in [-0.2, 0) is 4.74 Å².